The van der Waals surface area contributed by atoms with E-state index in [1.807, 2.05) is 32.2 Å². The van der Waals surface area contributed by atoms with Crippen LogP contribution < -0.4 is 5.32 Å². The minimum atomic E-state index is 0.146. The molecule has 86 valence electrons. The second-order valence-electron chi connectivity index (χ2n) is 3.82. The van der Waals surface area contributed by atoms with Gasteiger partial charge in [-0.25, -0.2) is 4.52 Å². The maximum Gasteiger partial charge on any atom is 0.243 e. The summed E-state index contributed by atoms with van der Waals surface area (Å²) in [6, 6.07) is 3.98. The van der Waals surface area contributed by atoms with Crippen molar-refractivity contribution in [2.75, 3.05) is 19.0 Å². The van der Waals surface area contributed by atoms with Gasteiger partial charge in [0.05, 0.1) is 6.10 Å². The summed E-state index contributed by atoms with van der Waals surface area (Å²) in [6.45, 7) is 4.71. The Morgan fingerprint density at radius 3 is 3.06 bits per heavy atom. The maximum atomic E-state index is 5.14. The Balaban J connectivity index is 2.17. The molecule has 1 unspecified atom stereocenters. The summed E-state index contributed by atoms with van der Waals surface area (Å²) < 4.78 is 6.92. The van der Waals surface area contributed by atoms with E-state index in [2.05, 4.69) is 15.4 Å². The van der Waals surface area contributed by atoms with Gasteiger partial charge in [-0.15, -0.1) is 5.10 Å². The quantitative estimate of drug-likeness (QED) is 0.848. The number of ether oxygens (including phenoxy) is 1. The van der Waals surface area contributed by atoms with Gasteiger partial charge in [-0.2, -0.15) is 4.98 Å². The molecule has 0 fully saturated rings. The van der Waals surface area contributed by atoms with E-state index in [1.165, 1.54) is 0 Å². The van der Waals surface area contributed by atoms with Crippen LogP contribution in [0.1, 0.15) is 12.5 Å². The highest BCUT2D eigenvalue weighted by Gasteiger charge is 2.06. The zero-order valence-electron chi connectivity index (χ0n) is 9.77. The molecule has 0 aliphatic rings. The number of nitrogens with one attached hydrogen (secondary N) is 1. The highest BCUT2D eigenvalue weighted by molar-refractivity contribution is 5.49. The average Bonchev–Trinajstić information content (AvgIpc) is 2.70. The molecular weight excluding hydrogens is 204 g/mol. The third kappa shape index (κ3) is 2.14. The third-order valence-corrected chi connectivity index (χ3v) is 2.51. The maximum absolute atomic E-state index is 5.14. The molecule has 5 heteroatoms. The zero-order chi connectivity index (χ0) is 11.5. The number of rotatable bonds is 4. The number of pyridine rings is 1. The molecule has 0 aliphatic heterocycles. The van der Waals surface area contributed by atoms with Crippen molar-refractivity contribution in [3.05, 3.63) is 23.9 Å². The van der Waals surface area contributed by atoms with Crippen molar-refractivity contribution in [3.63, 3.8) is 0 Å². The van der Waals surface area contributed by atoms with Crippen LogP contribution in [0.2, 0.25) is 0 Å². The topological polar surface area (TPSA) is 51.5 Å². The predicted octanol–water partition coefficient (Wildman–Crippen LogP) is 1.48. The Morgan fingerprint density at radius 2 is 2.38 bits per heavy atom. The van der Waals surface area contributed by atoms with Crippen LogP contribution in [-0.4, -0.2) is 34.4 Å². The Morgan fingerprint density at radius 1 is 1.56 bits per heavy atom. The Hall–Kier alpha value is -1.62. The molecule has 2 rings (SSSR count). The van der Waals surface area contributed by atoms with Crippen LogP contribution in [0.3, 0.4) is 0 Å². The number of aryl methyl sites for hydroxylation is 1. The molecular formula is C11H16N4O. The molecule has 2 aromatic rings. The number of hydrogen-bond donors (Lipinski definition) is 1. The lowest BCUT2D eigenvalue weighted by Crippen LogP contribution is -2.18. The first kappa shape index (κ1) is 10.9. The van der Waals surface area contributed by atoms with Crippen LogP contribution in [-0.2, 0) is 4.74 Å². The molecule has 5 nitrogen and oxygen atoms in total. The summed E-state index contributed by atoms with van der Waals surface area (Å²) in [5.41, 5.74) is 2.00. The van der Waals surface area contributed by atoms with Gasteiger partial charge in [0.25, 0.3) is 0 Å². The molecule has 0 radical (unpaired) electrons. The fraction of sp³-hybridized carbons (Fsp3) is 0.455. The first-order chi connectivity index (χ1) is 7.70. The highest BCUT2D eigenvalue weighted by atomic mass is 16.5. The summed E-state index contributed by atoms with van der Waals surface area (Å²) in [5.74, 6) is 0.637. The van der Waals surface area contributed by atoms with Crippen molar-refractivity contribution >= 4 is 11.6 Å². The van der Waals surface area contributed by atoms with Gasteiger partial charge in [0.1, 0.15) is 0 Å². The van der Waals surface area contributed by atoms with Gasteiger partial charge in [-0.3, -0.25) is 0 Å². The Kier molecular flexibility index (Phi) is 3.05. The fourth-order valence-electron chi connectivity index (χ4n) is 1.43. The standard InChI is InChI=1S/C11H16N4O/c1-8-5-4-6-15-10(8)13-11(14-15)12-7-9(2)16-3/h4-6,9H,7H2,1-3H3,(H,12,14). The summed E-state index contributed by atoms with van der Waals surface area (Å²) in [7, 11) is 1.69. The van der Waals surface area contributed by atoms with E-state index < -0.39 is 0 Å². The first-order valence-electron chi connectivity index (χ1n) is 5.29. The van der Waals surface area contributed by atoms with E-state index in [0.29, 0.717) is 12.5 Å². The molecule has 0 bridgehead atoms. The molecule has 16 heavy (non-hydrogen) atoms. The summed E-state index contributed by atoms with van der Waals surface area (Å²) in [4.78, 5) is 4.40. The van der Waals surface area contributed by atoms with Crippen molar-refractivity contribution in [2.45, 2.75) is 20.0 Å². The van der Waals surface area contributed by atoms with Gasteiger partial charge in [0.15, 0.2) is 5.65 Å². The number of anilines is 1. The highest BCUT2D eigenvalue weighted by Crippen LogP contribution is 2.09. The minimum absolute atomic E-state index is 0.146. The molecule has 0 saturated heterocycles. The molecule has 2 aromatic heterocycles. The smallest absolute Gasteiger partial charge is 0.243 e. The van der Waals surface area contributed by atoms with E-state index in [-0.39, 0.29) is 6.10 Å². The minimum Gasteiger partial charge on any atom is -0.380 e. The van der Waals surface area contributed by atoms with E-state index >= 15 is 0 Å². The Labute approximate surface area is 94.4 Å². The second-order valence-corrected chi connectivity index (χ2v) is 3.82. The normalized spacial score (nSPS) is 12.9. The molecule has 0 spiro atoms. The lowest BCUT2D eigenvalue weighted by atomic mass is 10.3. The molecule has 1 atom stereocenters. The van der Waals surface area contributed by atoms with Gasteiger partial charge in [-0.1, -0.05) is 6.07 Å². The second kappa shape index (κ2) is 4.49. The zero-order valence-corrected chi connectivity index (χ0v) is 9.77. The van der Waals surface area contributed by atoms with Gasteiger partial charge in [0.2, 0.25) is 5.95 Å². The number of nitrogens with zero attached hydrogens (tertiary/aromatic N) is 3. The summed E-state index contributed by atoms with van der Waals surface area (Å²) in [5, 5.41) is 7.46. The number of aromatic nitrogens is 3. The SMILES string of the molecule is COC(C)CNc1nc2c(C)cccn2n1. The van der Waals surface area contributed by atoms with Crippen molar-refractivity contribution in [1.82, 2.24) is 14.6 Å². The van der Waals surface area contributed by atoms with Crippen LogP contribution in [0.25, 0.3) is 5.65 Å². The summed E-state index contributed by atoms with van der Waals surface area (Å²) in [6.07, 6.45) is 2.04. The third-order valence-electron chi connectivity index (χ3n) is 2.51. The number of fused-ring (bicyclic) bond motifs is 1. The van der Waals surface area contributed by atoms with Gasteiger partial charge in [0, 0.05) is 19.9 Å². The number of hydrogen-bond acceptors (Lipinski definition) is 4. The van der Waals surface area contributed by atoms with Gasteiger partial charge >= 0.3 is 0 Å². The molecule has 0 amide bonds. The van der Waals surface area contributed by atoms with E-state index in [9.17, 15) is 0 Å². The molecule has 0 aliphatic carbocycles. The van der Waals surface area contributed by atoms with Crippen LogP contribution in [0, 0.1) is 6.92 Å². The van der Waals surface area contributed by atoms with E-state index in [1.54, 1.807) is 11.6 Å². The van der Waals surface area contributed by atoms with Crippen LogP contribution in [0.4, 0.5) is 5.95 Å². The van der Waals surface area contributed by atoms with Crippen molar-refractivity contribution in [1.29, 1.82) is 0 Å². The molecule has 0 aromatic carbocycles. The number of methoxy groups -OCH3 is 1. The van der Waals surface area contributed by atoms with Crippen molar-refractivity contribution in [2.24, 2.45) is 0 Å². The molecule has 1 N–H and O–H groups in total. The van der Waals surface area contributed by atoms with Gasteiger partial charge in [-0.05, 0) is 25.5 Å². The van der Waals surface area contributed by atoms with E-state index in [0.717, 1.165) is 11.2 Å². The largest absolute Gasteiger partial charge is 0.380 e. The molecule has 2 heterocycles. The monoisotopic (exact) mass is 220 g/mol. The fourth-order valence-corrected chi connectivity index (χ4v) is 1.43. The Bertz CT molecular complexity index is 480. The molecule has 0 saturated carbocycles. The van der Waals surface area contributed by atoms with Crippen molar-refractivity contribution in [3.8, 4) is 0 Å². The van der Waals surface area contributed by atoms with Crippen LogP contribution in [0.15, 0.2) is 18.3 Å². The lowest BCUT2D eigenvalue weighted by Gasteiger charge is -2.08. The average molecular weight is 220 g/mol. The lowest BCUT2D eigenvalue weighted by molar-refractivity contribution is 0.128. The van der Waals surface area contributed by atoms with Crippen LogP contribution >= 0.6 is 0 Å². The first-order valence-corrected chi connectivity index (χ1v) is 5.29. The van der Waals surface area contributed by atoms with Crippen molar-refractivity contribution < 1.29 is 4.74 Å². The van der Waals surface area contributed by atoms with E-state index in [4.69, 9.17) is 4.74 Å². The summed E-state index contributed by atoms with van der Waals surface area (Å²) >= 11 is 0. The van der Waals surface area contributed by atoms with Crippen LogP contribution in [0.5, 0.6) is 0 Å². The van der Waals surface area contributed by atoms with Gasteiger partial charge < -0.3 is 10.1 Å². The predicted molar refractivity (Wildman–Crippen MR) is 62.7 cm³/mol.